The maximum atomic E-state index is 11.4. The van der Waals surface area contributed by atoms with Gasteiger partial charge in [-0.2, -0.15) is 11.8 Å². The molecule has 1 heterocycles. The van der Waals surface area contributed by atoms with Gasteiger partial charge >= 0.3 is 0 Å². The number of primary amides is 1. The van der Waals surface area contributed by atoms with E-state index in [2.05, 4.69) is 12.2 Å². The SMILES string of the molecule is CCNC(C)(CCCSC1CCOC1C)C(N)=O. The fourth-order valence-corrected chi connectivity index (χ4v) is 3.51. The molecule has 1 amide bonds. The van der Waals surface area contributed by atoms with Crippen LogP contribution in [0.25, 0.3) is 0 Å². The van der Waals surface area contributed by atoms with Gasteiger partial charge in [-0.3, -0.25) is 4.79 Å². The topological polar surface area (TPSA) is 64.3 Å². The highest BCUT2D eigenvalue weighted by Gasteiger charge is 2.29. The Morgan fingerprint density at radius 1 is 1.61 bits per heavy atom. The van der Waals surface area contributed by atoms with Gasteiger partial charge in [0.1, 0.15) is 0 Å². The van der Waals surface area contributed by atoms with Crippen molar-refractivity contribution in [2.75, 3.05) is 18.9 Å². The first kappa shape index (κ1) is 15.8. The molecule has 1 rings (SSSR count). The number of amides is 1. The second kappa shape index (κ2) is 7.36. The van der Waals surface area contributed by atoms with Gasteiger partial charge in [-0.15, -0.1) is 0 Å². The summed E-state index contributed by atoms with van der Waals surface area (Å²) in [7, 11) is 0. The average Bonchev–Trinajstić information content (AvgIpc) is 2.71. The molecule has 0 radical (unpaired) electrons. The minimum Gasteiger partial charge on any atom is -0.377 e. The summed E-state index contributed by atoms with van der Waals surface area (Å²) in [5, 5.41) is 3.80. The first-order chi connectivity index (χ1) is 8.49. The van der Waals surface area contributed by atoms with Crippen LogP contribution in [0.1, 0.15) is 40.0 Å². The lowest BCUT2D eigenvalue weighted by Gasteiger charge is -2.27. The standard InChI is InChI=1S/C13H26N2O2S/c1-4-15-13(3,12(14)16)7-5-9-18-11-6-8-17-10(11)2/h10-11,15H,4-9H2,1-3H3,(H2,14,16). The van der Waals surface area contributed by atoms with Crippen LogP contribution in [0.2, 0.25) is 0 Å². The number of carbonyl (C=O) groups is 1. The molecule has 1 aliphatic heterocycles. The van der Waals surface area contributed by atoms with Gasteiger partial charge in [0.2, 0.25) is 5.91 Å². The number of likely N-dealkylation sites (N-methyl/N-ethyl adjacent to an activating group) is 1. The number of thioether (sulfide) groups is 1. The molecule has 0 aliphatic carbocycles. The third kappa shape index (κ3) is 4.44. The first-order valence-electron chi connectivity index (χ1n) is 6.77. The van der Waals surface area contributed by atoms with Crippen LogP contribution in [0.3, 0.4) is 0 Å². The molecule has 0 saturated carbocycles. The Morgan fingerprint density at radius 3 is 2.83 bits per heavy atom. The number of ether oxygens (including phenoxy) is 1. The Hall–Kier alpha value is -0.260. The Bertz CT molecular complexity index is 276. The zero-order chi connectivity index (χ0) is 13.6. The van der Waals surface area contributed by atoms with Crippen LogP contribution in [-0.4, -0.2) is 41.7 Å². The van der Waals surface area contributed by atoms with Gasteiger partial charge in [0.15, 0.2) is 0 Å². The molecule has 3 atom stereocenters. The van der Waals surface area contributed by atoms with Crippen molar-refractivity contribution < 1.29 is 9.53 Å². The molecule has 0 bridgehead atoms. The van der Waals surface area contributed by atoms with E-state index in [0.717, 1.165) is 38.2 Å². The second-order valence-electron chi connectivity index (χ2n) is 5.10. The highest BCUT2D eigenvalue weighted by Crippen LogP contribution is 2.27. The number of nitrogens with two attached hydrogens (primary N) is 1. The maximum absolute atomic E-state index is 11.4. The molecular formula is C13H26N2O2S. The van der Waals surface area contributed by atoms with Crippen LogP contribution in [0.5, 0.6) is 0 Å². The molecule has 1 saturated heterocycles. The van der Waals surface area contributed by atoms with E-state index in [-0.39, 0.29) is 5.91 Å². The fraction of sp³-hybridized carbons (Fsp3) is 0.923. The summed E-state index contributed by atoms with van der Waals surface area (Å²) in [4.78, 5) is 11.4. The first-order valence-corrected chi connectivity index (χ1v) is 7.82. The van der Waals surface area contributed by atoms with E-state index in [1.54, 1.807) is 0 Å². The van der Waals surface area contributed by atoms with Crippen LogP contribution >= 0.6 is 11.8 Å². The monoisotopic (exact) mass is 274 g/mol. The van der Waals surface area contributed by atoms with E-state index < -0.39 is 5.54 Å². The van der Waals surface area contributed by atoms with E-state index in [1.807, 2.05) is 25.6 Å². The zero-order valence-electron chi connectivity index (χ0n) is 11.7. The molecule has 5 heteroatoms. The Morgan fingerprint density at radius 2 is 2.33 bits per heavy atom. The van der Waals surface area contributed by atoms with Crippen molar-refractivity contribution in [3.8, 4) is 0 Å². The van der Waals surface area contributed by atoms with Gasteiger partial charge < -0.3 is 15.8 Å². The number of nitrogens with one attached hydrogen (secondary N) is 1. The molecule has 0 spiro atoms. The highest BCUT2D eigenvalue weighted by molar-refractivity contribution is 7.99. The van der Waals surface area contributed by atoms with Crippen LogP contribution < -0.4 is 11.1 Å². The van der Waals surface area contributed by atoms with Gasteiger partial charge in [-0.05, 0) is 45.4 Å². The lowest BCUT2D eigenvalue weighted by molar-refractivity contribution is -0.124. The van der Waals surface area contributed by atoms with E-state index in [0.29, 0.717) is 11.4 Å². The predicted octanol–water partition coefficient (Wildman–Crippen LogP) is 1.53. The van der Waals surface area contributed by atoms with Crippen molar-refractivity contribution in [3.63, 3.8) is 0 Å². The number of hydrogen-bond acceptors (Lipinski definition) is 4. The molecule has 1 aliphatic rings. The summed E-state index contributed by atoms with van der Waals surface area (Å²) in [6.07, 6.45) is 3.31. The van der Waals surface area contributed by atoms with Crippen molar-refractivity contribution in [1.29, 1.82) is 0 Å². The number of carbonyl (C=O) groups excluding carboxylic acids is 1. The molecular weight excluding hydrogens is 248 g/mol. The molecule has 106 valence electrons. The third-order valence-corrected chi connectivity index (χ3v) is 5.14. The van der Waals surface area contributed by atoms with Crippen LogP contribution in [0.15, 0.2) is 0 Å². The van der Waals surface area contributed by atoms with E-state index >= 15 is 0 Å². The summed E-state index contributed by atoms with van der Waals surface area (Å²) in [6.45, 7) is 7.67. The molecule has 1 fully saturated rings. The van der Waals surface area contributed by atoms with Gasteiger partial charge in [-0.25, -0.2) is 0 Å². The molecule has 4 nitrogen and oxygen atoms in total. The predicted molar refractivity (Wildman–Crippen MR) is 76.8 cm³/mol. The zero-order valence-corrected chi connectivity index (χ0v) is 12.5. The average molecular weight is 274 g/mol. The Balaban J connectivity index is 2.24. The molecule has 0 aromatic rings. The number of hydrogen-bond donors (Lipinski definition) is 2. The molecule has 18 heavy (non-hydrogen) atoms. The maximum Gasteiger partial charge on any atom is 0.237 e. The van der Waals surface area contributed by atoms with Crippen LogP contribution in [0, 0.1) is 0 Å². The molecule has 3 unspecified atom stereocenters. The summed E-state index contributed by atoms with van der Waals surface area (Å²) < 4.78 is 5.53. The number of rotatable bonds is 8. The van der Waals surface area contributed by atoms with Crippen molar-refractivity contribution in [2.45, 2.75) is 56.9 Å². The third-order valence-electron chi connectivity index (χ3n) is 3.57. The molecule has 0 aromatic carbocycles. The lowest BCUT2D eigenvalue weighted by atomic mass is 9.95. The van der Waals surface area contributed by atoms with Gasteiger partial charge in [0, 0.05) is 11.9 Å². The van der Waals surface area contributed by atoms with Crippen molar-refractivity contribution in [1.82, 2.24) is 5.32 Å². The minimum atomic E-state index is -0.562. The Kier molecular flexibility index (Phi) is 6.46. The molecule has 0 aromatic heterocycles. The summed E-state index contributed by atoms with van der Waals surface area (Å²) in [6, 6.07) is 0. The van der Waals surface area contributed by atoms with Crippen LogP contribution in [0.4, 0.5) is 0 Å². The van der Waals surface area contributed by atoms with Gasteiger partial charge in [0.25, 0.3) is 0 Å². The van der Waals surface area contributed by atoms with E-state index in [1.165, 1.54) is 0 Å². The largest absolute Gasteiger partial charge is 0.377 e. The van der Waals surface area contributed by atoms with Crippen molar-refractivity contribution >= 4 is 17.7 Å². The van der Waals surface area contributed by atoms with E-state index in [9.17, 15) is 4.79 Å². The van der Waals surface area contributed by atoms with E-state index in [4.69, 9.17) is 10.5 Å². The summed E-state index contributed by atoms with van der Waals surface area (Å²) in [5.41, 5.74) is 4.89. The van der Waals surface area contributed by atoms with Crippen LogP contribution in [-0.2, 0) is 9.53 Å². The molecule has 3 N–H and O–H groups in total. The quantitative estimate of drug-likeness (QED) is 0.659. The smallest absolute Gasteiger partial charge is 0.237 e. The van der Waals surface area contributed by atoms with Crippen molar-refractivity contribution in [2.24, 2.45) is 5.73 Å². The summed E-state index contributed by atoms with van der Waals surface area (Å²) in [5.74, 6) is 0.805. The van der Waals surface area contributed by atoms with Crippen molar-refractivity contribution in [3.05, 3.63) is 0 Å². The fourth-order valence-electron chi connectivity index (χ4n) is 2.28. The second-order valence-corrected chi connectivity index (χ2v) is 6.45. The lowest BCUT2D eigenvalue weighted by Crippen LogP contribution is -2.53. The highest BCUT2D eigenvalue weighted by atomic mass is 32.2. The minimum absolute atomic E-state index is 0.257. The Labute approximate surface area is 114 Å². The van der Waals surface area contributed by atoms with Gasteiger partial charge in [0.05, 0.1) is 11.6 Å². The normalized spacial score (nSPS) is 27.1. The van der Waals surface area contributed by atoms with Gasteiger partial charge in [-0.1, -0.05) is 6.92 Å². The summed E-state index contributed by atoms with van der Waals surface area (Å²) >= 11 is 1.96.